The third-order valence-corrected chi connectivity index (χ3v) is 2.52. The molecular weight excluding hydrogens is 132 g/mol. The van der Waals surface area contributed by atoms with Crippen LogP contribution >= 0.6 is 0 Å². The van der Waals surface area contributed by atoms with Crippen LogP contribution in [0.5, 0.6) is 0 Å². The summed E-state index contributed by atoms with van der Waals surface area (Å²) in [6.45, 7) is 6.58. The maximum atomic E-state index is 5.73. The molecule has 2 aliphatic rings. The zero-order valence-corrected chi connectivity index (χ0v) is 7.10. The van der Waals surface area contributed by atoms with E-state index in [-0.39, 0.29) is 5.79 Å². The normalized spacial score (nSPS) is 46.3. The average Bonchev–Trinajstić information content (AvgIpc) is 2.13. The summed E-state index contributed by atoms with van der Waals surface area (Å²) in [6.07, 6.45) is 1.64. The van der Waals surface area contributed by atoms with Crippen LogP contribution in [-0.4, -0.2) is 20.2 Å². The molecule has 0 spiro atoms. The van der Waals surface area contributed by atoms with Crippen molar-refractivity contribution in [3.63, 3.8) is 0 Å². The Kier molecular flexibility index (Phi) is 0.824. The van der Waals surface area contributed by atoms with Gasteiger partial charge in [-0.05, 0) is 19.6 Å². The number of hydrogen-bond donors (Lipinski definition) is 0. The molecule has 52 valence electrons. The van der Waals surface area contributed by atoms with Gasteiger partial charge in [-0.3, -0.25) is 0 Å². The lowest BCUT2D eigenvalue weighted by atomic mass is 10.8. The lowest BCUT2D eigenvalue weighted by Crippen LogP contribution is -2.29. The monoisotopic (exact) mass is 144 g/mol. The minimum atomic E-state index is -1.31. The Morgan fingerprint density at radius 3 is 2.11 bits per heavy atom. The van der Waals surface area contributed by atoms with Crippen LogP contribution < -0.4 is 0 Å². The summed E-state index contributed by atoms with van der Waals surface area (Å²) in [5.41, 5.74) is 0. The van der Waals surface area contributed by atoms with Gasteiger partial charge in [0.2, 0.25) is 0 Å². The number of fused-ring (bicyclic) bond motifs is 1. The highest BCUT2D eigenvalue weighted by Gasteiger charge is 2.76. The van der Waals surface area contributed by atoms with Crippen LogP contribution in [0.25, 0.3) is 0 Å². The van der Waals surface area contributed by atoms with Gasteiger partial charge in [0.25, 0.3) is 0 Å². The van der Waals surface area contributed by atoms with E-state index in [1.807, 2.05) is 0 Å². The van der Waals surface area contributed by atoms with Crippen molar-refractivity contribution in [2.24, 2.45) is 0 Å². The number of hydrogen-bond acceptors (Lipinski definition) is 2. The molecule has 1 saturated heterocycles. The Hall–Kier alpha value is 0.137. The topological polar surface area (TPSA) is 21.8 Å². The van der Waals surface area contributed by atoms with Crippen molar-refractivity contribution in [1.29, 1.82) is 0 Å². The van der Waals surface area contributed by atoms with Gasteiger partial charge in [-0.2, -0.15) is 0 Å². The van der Waals surface area contributed by atoms with Crippen molar-refractivity contribution in [2.45, 2.75) is 38.0 Å². The average molecular weight is 144 g/mol. The first kappa shape index (κ1) is 5.89. The van der Waals surface area contributed by atoms with Crippen LogP contribution in [0.4, 0.5) is 0 Å². The van der Waals surface area contributed by atoms with Gasteiger partial charge in [-0.1, -0.05) is 0 Å². The van der Waals surface area contributed by atoms with Crippen molar-refractivity contribution in [3.05, 3.63) is 0 Å². The van der Waals surface area contributed by atoms with Gasteiger partial charge in [-0.25, -0.2) is 0 Å². The molecular formula is C6H12O2Si. The van der Waals surface area contributed by atoms with Crippen LogP contribution in [-0.2, 0) is 9.16 Å². The van der Waals surface area contributed by atoms with Gasteiger partial charge in [0.05, 0.1) is 0 Å². The number of epoxide rings is 1. The number of ether oxygens (including phenoxy) is 1. The third kappa shape index (κ3) is 0.932. The molecule has 9 heavy (non-hydrogen) atoms. The molecule has 0 radical (unpaired) electrons. The van der Waals surface area contributed by atoms with E-state index < -0.39 is 8.32 Å². The second-order valence-corrected chi connectivity index (χ2v) is 8.27. The van der Waals surface area contributed by atoms with E-state index in [0.29, 0.717) is 6.10 Å². The molecule has 0 N–H and O–H groups in total. The van der Waals surface area contributed by atoms with E-state index in [1.165, 1.54) is 0 Å². The molecule has 0 aromatic heterocycles. The fourth-order valence-electron chi connectivity index (χ4n) is 1.05. The summed E-state index contributed by atoms with van der Waals surface area (Å²) in [6, 6.07) is 0. The predicted octanol–water partition coefficient (Wildman–Crippen LogP) is 1.34. The zero-order chi connectivity index (χ0) is 6.70. The number of rotatable bonds is 2. The predicted molar refractivity (Wildman–Crippen MR) is 36.7 cm³/mol. The van der Waals surface area contributed by atoms with E-state index in [0.717, 1.165) is 6.42 Å². The largest absolute Gasteiger partial charge is 0.389 e. The third-order valence-electron chi connectivity index (χ3n) is 1.56. The summed E-state index contributed by atoms with van der Waals surface area (Å²) < 4.78 is 10.9. The van der Waals surface area contributed by atoms with Crippen molar-refractivity contribution in [1.82, 2.24) is 0 Å². The van der Waals surface area contributed by atoms with E-state index in [2.05, 4.69) is 19.6 Å². The molecule has 2 unspecified atom stereocenters. The molecule has 2 fully saturated rings. The first-order valence-electron chi connectivity index (χ1n) is 3.40. The Morgan fingerprint density at radius 2 is 2.00 bits per heavy atom. The lowest BCUT2D eigenvalue weighted by Gasteiger charge is -2.17. The SMILES string of the molecule is C[Si](C)(C)OC12CC1O2. The van der Waals surface area contributed by atoms with Gasteiger partial charge in [0.15, 0.2) is 14.1 Å². The first-order valence-corrected chi connectivity index (χ1v) is 6.81. The molecule has 0 bridgehead atoms. The molecule has 0 amide bonds. The highest BCUT2D eigenvalue weighted by Crippen LogP contribution is 2.61. The van der Waals surface area contributed by atoms with Crippen molar-refractivity contribution in [2.75, 3.05) is 0 Å². The molecule has 0 aromatic carbocycles. The summed E-state index contributed by atoms with van der Waals surface area (Å²) in [5.74, 6) is -0.0372. The highest BCUT2D eigenvalue weighted by atomic mass is 28.4. The smallest absolute Gasteiger partial charge is 0.189 e. The van der Waals surface area contributed by atoms with Gasteiger partial charge in [0, 0.05) is 6.42 Å². The van der Waals surface area contributed by atoms with Gasteiger partial charge >= 0.3 is 0 Å². The minimum Gasteiger partial charge on any atom is -0.389 e. The molecule has 2 atom stereocenters. The second kappa shape index (κ2) is 1.26. The molecule has 2 rings (SSSR count). The van der Waals surface area contributed by atoms with Crippen LogP contribution in [0.3, 0.4) is 0 Å². The highest BCUT2D eigenvalue weighted by molar-refractivity contribution is 6.69. The molecule has 1 aliphatic heterocycles. The van der Waals surface area contributed by atoms with E-state index in [1.54, 1.807) is 0 Å². The van der Waals surface area contributed by atoms with Gasteiger partial charge in [0.1, 0.15) is 6.10 Å². The molecule has 1 aliphatic carbocycles. The molecule has 1 saturated carbocycles. The Bertz CT molecular complexity index is 144. The van der Waals surface area contributed by atoms with E-state index in [4.69, 9.17) is 9.16 Å². The molecule has 2 nitrogen and oxygen atoms in total. The van der Waals surface area contributed by atoms with E-state index in [9.17, 15) is 0 Å². The van der Waals surface area contributed by atoms with Crippen LogP contribution in [0.15, 0.2) is 0 Å². The summed E-state index contributed by atoms with van der Waals surface area (Å²) >= 11 is 0. The van der Waals surface area contributed by atoms with Crippen molar-refractivity contribution < 1.29 is 9.16 Å². The first-order chi connectivity index (χ1) is 4.02. The fraction of sp³-hybridized carbons (Fsp3) is 1.00. The molecule has 0 aromatic rings. The van der Waals surface area contributed by atoms with Gasteiger partial charge in [-0.15, -0.1) is 0 Å². The van der Waals surface area contributed by atoms with E-state index >= 15 is 0 Å². The van der Waals surface area contributed by atoms with Gasteiger partial charge < -0.3 is 9.16 Å². The van der Waals surface area contributed by atoms with Crippen LogP contribution in [0.2, 0.25) is 19.6 Å². The molecule has 3 heteroatoms. The summed E-state index contributed by atoms with van der Waals surface area (Å²) in [7, 11) is -1.31. The molecule has 1 heterocycles. The minimum absolute atomic E-state index is 0.0372. The quantitative estimate of drug-likeness (QED) is 0.431. The van der Waals surface area contributed by atoms with Crippen LogP contribution in [0, 0.1) is 0 Å². The standard InChI is InChI=1S/C6H12O2Si/c1-9(2,3)8-6-4-5(6)7-6/h5H,4H2,1-3H3. The fourth-order valence-corrected chi connectivity index (χ4v) is 2.35. The second-order valence-electron chi connectivity index (χ2n) is 3.84. The zero-order valence-electron chi connectivity index (χ0n) is 6.10. The maximum absolute atomic E-state index is 5.73. The maximum Gasteiger partial charge on any atom is 0.189 e. The Morgan fingerprint density at radius 1 is 1.56 bits per heavy atom. The lowest BCUT2D eigenvalue weighted by molar-refractivity contribution is 0.0457. The van der Waals surface area contributed by atoms with Crippen molar-refractivity contribution >= 4 is 8.32 Å². The summed E-state index contributed by atoms with van der Waals surface area (Å²) in [5, 5.41) is 0. The van der Waals surface area contributed by atoms with Crippen molar-refractivity contribution in [3.8, 4) is 0 Å². The van der Waals surface area contributed by atoms with Crippen LogP contribution in [0.1, 0.15) is 6.42 Å². The Balaban J connectivity index is 1.90. The summed E-state index contributed by atoms with van der Waals surface area (Å²) in [4.78, 5) is 0. The Labute approximate surface area is 56.3 Å².